The van der Waals surface area contributed by atoms with Gasteiger partial charge in [-0.05, 0) is 79.8 Å². The molecule has 43 heavy (non-hydrogen) atoms. The molecular formula is C33H36N6O4. The van der Waals surface area contributed by atoms with Crippen molar-refractivity contribution in [1.29, 1.82) is 5.26 Å². The minimum Gasteiger partial charge on any atom is -0.493 e. The van der Waals surface area contributed by atoms with Crippen LogP contribution in [0.15, 0.2) is 60.8 Å². The molecule has 2 atom stereocenters. The zero-order chi connectivity index (χ0) is 31.3. The van der Waals surface area contributed by atoms with Crippen molar-refractivity contribution in [2.24, 2.45) is 11.5 Å². The van der Waals surface area contributed by atoms with Crippen LogP contribution in [0.2, 0.25) is 0 Å². The van der Waals surface area contributed by atoms with Crippen LogP contribution in [0, 0.1) is 25.2 Å². The van der Waals surface area contributed by atoms with Crippen molar-refractivity contribution in [3.63, 3.8) is 0 Å². The average Bonchev–Trinajstić information content (AvgIpc) is 3.50. The molecule has 222 valence electrons. The first-order valence-corrected chi connectivity index (χ1v) is 13.8. The van der Waals surface area contributed by atoms with Crippen LogP contribution in [0.5, 0.6) is 11.5 Å². The number of ether oxygens (including phenoxy) is 2. The van der Waals surface area contributed by atoms with Gasteiger partial charge in [-0.2, -0.15) is 5.26 Å². The van der Waals surface area contributed by atoms with E-state index in [1.165, 1.54) is 0 Å². The molecule has 2 unspecified atom stereocenters. The number of aromatic nitrogens is 2. The summed E-state index contributed by atoms with van der Waals surface area (Å²) in [5.41, 5.74) is 17.8. The third-order valence-electron chi connectivity index (χ3n) is 7.60. The number of nitrogens with two attached hydrogens (primary N) is 2. The summed E-state index contributed by atoms with van der Waals surface area (Å²) >= 11 is 0. The Kier molecular flexibility index (Phi) is 9.48. The molecule has 0 saturated carbocycles. The monoisotopic (exact) mass is 580 g/mol. The minimum atomic E-state index is -0.881. The smallest absolute Gasteiger partial charge is 0.248 e. The molecule has 0 bridgehead atoms. The van der Waals surface area contributed by atoms with Gasteiger partial charge in [-0.3, -0.25) is 9.59 Å². The van der Waals surface area contributed by atoms with Crippen LogP contribution in [0.1, 0.15) is 57.0 Å². The summed E-state index contributed by atoms with van der Waals surface area (Å²) in [6.45, 7) is 5.85. The average molecular weight is 581 g/mol. The van der Waals surface area contributed by atoms with E-state index in [2.05, 4.69) is 16.0 Å². The first-order valence-electron chi connectivity index (χ1n) is 13.8. The van der Waals surface area contributed by atoms with E-state index < -0.39 is 18.0 Å². The fourth-order valence-corrected chi connectivity index (χ4v) is 5.21. The molecule has 10 nitrogen and oxygen atoms in total. The Balaban J connectivity index is 1.69. The van der Waals surface area contributed by atoms with Crippen molar-refractivity contribution < 1.29 is 19.1 Å². The number of methoxy groups -OCH3 is 2. The standard InChI is InChI=1S/C33H36N6O4/c1-19-12-24(31(36)40)13-20(2)26(19)15-27(35)33(41)39(18-22-10-11-29(42-4)30(14-22)43-5)21(3)32-37-17-28(38-32)25-9-7-6-8-23(25)16-34/h6-14,17,21,27H,15,18,35H2,1-5H3,(H2,36,40)(H,37,38). The number of aryl methyl sites for hydroxylation is 2. The summed E-state index contributed by atoms with van der Waals surface area (Å²) in [6, 6.07) is 17.0. The zero-order valence-electron chi connectivity index (χ0n) is 25.0. The molecule has 5 N–H and O–H groups in total. The SMILES string of the molecule is COc1ccc(CN(C(=O)C(N)Cc2c(C)cc(C(N)=O)cc2C)C(C)c2ncc(-c3ccccc3C#N)[nH]2)cc1OC. The van der Waals surface area contributed by atoms with Crippen LogP contribution < -0.4 is 20.9 Å². The highest BCUT2D eigenvalue weighted by atomic mass is 16.5. The third kappa shape index (κ3) is 6.68. The summed E-state index contributed by atoms with van der Waals surface area (Å²) in [6.07, 6.45) is 1.93. The number of carbonyl (C=O) groups is 2. The lowest BCUT2D eigenvalue weighted by atomic mass is 9.93. The summed E-state index contributed by atoms with van der Waals surface area (Å²) in [7, 11) is 3.12. The number of hydrogen-bond donors (Lipinski definition) is 3. The predicted molar refractivity (Wildman–Crippen MR) is 163 cm³/mol. The van der Waals surface area contributed by atoms with Crippen LogP contribution in [0.4, 0.5) is 0 Å². The number of H-pyrrole nitrogens is 1. The second-order valence-corrected chi connectivity index (χ2v) is 10.4. The molecule has 3 aromatic carbocycles. The van der Waals surface area contributed by atoms with Gasteiger partial charge in [0.2, 0.25) is 11.8 Å². The lowest BCUT2D eigenvalue weighted by Crippen LogP contribution is -2.46. The molecule has 10 heteroatoms. The maximum atomic E-state index is 14.1. The van der Waals surface area contributed by atoms with Crippen LogP contribution in [-0.4, -0.2) is 46.9 Å². The molecule has 0 aliphatic heterocycles. The van der Waals surface area contributed by atoms with Gasteiger partial charge >= 0.3 is 0 Å². The number of primary amides is 1. The van der Waals surface area contributed by atoms with Gasteiger partial charge in [0.05, 0.1) is 49.8 Å². The van der Waals surface area contributed by atoms with Gasteiger partial charge in [-0.1, -0.05) is 24.3 Å². The molecule has 0 fully saturated rings. The van der Waals surface area contributed by atoms with Crippen LogP contribution in [0.25, 0.3) is 11.3 Å². The Morgan fingerprint density at radius 1 is 1.05 bits per heavy atom. The summed E-state index contributed by atoms with van der Waals surface area (Å²) < 4.78 is 10.9. The van der Waals surface area contributed by atoms with Crippen molar-refractivity contribution in [3.8, 4) is 28.8 Å². The quantitative estimate of drug-likeness (QED) is 0.238. The minimum absolute atomic E-state index is 0.220. The number of aromatic amines is 1. The molecular weight excluding hydrogens is 544 g/mol. The Morgan fingerprint density at radius 2 is 1.72 bits per heavy atom. The largest absolute Gasteiger partial charge is 0.493 e. The Morgan fingerprint density at radius 3 is 2.35 bits per heavy atom. The van der Waals surface area contributed by atoms with Gasteiger partial charge in [-0.25, -0.2) is 4.98 Å². The number of nitriles is 1. The van der Waals surface area contributed by atoms with Crippen LogP contribution in [-0.2, 0) is 17.8 Å². The van der Waals surface area contributed by atoms with Crippen molar-refractivity contribution >= 4 is 11.8 Å². The van der Waals surface area contributed by atoms with Gasteiger partial charge in [0.25, 0.3) is 0 Å². The fourth-order valence-electron chi connectivity index (χ4n) is 5.21. The lowest BCUT2D eigenvalue weighted by molar-refractivity contribution is -0.135. The number of nitrogens with zero attached hydrogens (tertiary/aromatic N) is 3. The van der Waals surface area contributed by atoms with E-state index in [0.717, 1.165) is 27.8 Å². The summed E-state index contributed by atoms with van der Waals surface area (Å²) in [5.74, 6) is 0.866. The number of hydrogen-bond acceptors (Lipinski definition) is 7. The highest BCUT2D eigenvalue weighted by Crippen LogP contribution is 2.31. The van der Waals surface area contributed by atoms with E-state index in [1.54, 1.807) is 55.6 Å². The highest BCUT2D eigenvalue weighted by molar-refractivity contribution is 5.93. The highest BCUT2D eigenvalue weighted by Gasteiger charge is 2.29. The third-order valence-corrected chi connectivity index (χ3v) is 7.60. The molecule has 1 aromatic heterocycles. The van der Waals surface area contributed by atoms with E-state index >= 15 is 0 Å². The van der Waals surface area contributed by atoms with Crippen LogP contribution >= 0.6 is 0 Å². The molecule has 0 aliphatic rings. The van der Waals surface area contributed by atoms with Gasteiger partial charge in [-0.15, -0.1) is 0 Å². The molecule has 4 aromatic rings. The second kappa shape index (κ2) is 13.2. The number of rotatable bonds is 11. The summed E-state index contributed by atoms with van der Waals surface area (Å²) in [5, 5.41) is 9.57. The molecule has 4 rings (SSSR count). The topological polar surface area (TPSA) is 160 Å². The van der Waals surface area contributed by atoms with E-state index in [4.69, 9.17) is 20.9 Å². The lowest BCUT2D eigenvalue weighted by Gasteiger charge is -2.31. The fraction of sp³-hybridized carbons (Fsp3) is 0.273. The maximum absolute atomic E-state index is 14.1. The number of benzene rings is 3. The number of amides is 2. The molecule has 1 heterocycles. The number of carbonyl (C=O) groups excluding carboxylic acids is 2. The summed E-state index contributed by atoms with van der Waals surface area (Å²) in [4.78, 5) is 35.4. The number of imidazole rings is 1. The first-order chi connectivity index (χ1) is 20.6. The van der Waals surface area contributed by atoms with E-state index in [0.29, 0.717) is 34.1 Å². The van der Waals surface area contributed by atoms with Crippen molar-refractivity contribution in [2.75, 3.05) is 14.2 Å². The zero-order valence-corrected chi connectivity index (χ0v) is 25.0. The van der Waals surface area contributed by atoms with E-state index in [-0.39, 0.29) is 18.9 Å². The van der Waals surface area contributed by atoms with E-state index in [9.17, 15) is 14.9 Å². The predicted octanol–water partition coefficient (Wildman–Crippen LogP) is 4.34. The Labute approximate surface area is 251 Å². The van der Waals surface area contributed by atoms with Gasteiger partial charge < -0.3 is 30.8 Å². The molecule has 0 spiro atoms. The molecule has 2 amide bonds. The van der Waals surface area contributed by atoms with Gasteiger partial charge in [0, 0.05) is 17.7 Å². The second-order valence-electron chi connectivity index (χ2n) is 10.4. The van der Waals surface area contributed by atoms with Crippen molar-refractivity contribution in [3.05, 3.63) is 100.0 Å². The van der Waals surface area contributed by atoms with Crippen LogP contribution in [0.3, 0.4) is 0 Å². The Hall–Kier alpha value is -5.14. The van der Waals surface area contributed by atoms with Gasteiger partial charge in [0.1, 0.15) is 5.82 Å². The first kappa shape index (κ1) is 30.8. The Bertz CT molecular complexity index is 1670. The normalized spacial score (nSPS) is 12.2. The number of nitrogens with one attached hydrogen (secondary N) is 1. The molecule has 0 aliphatic carbocycles. The molecule has 0 saturated heterocycles. The van der Waals surface area contributed by atoms with Crippen molar-refractivity contribution in [2.45, 2.75) is 45.8 Å². The maximum Gasteiger partial charge on any atom is 0.248 e. The van der Waals surface area contributed by atoms with Crippen molar-refractivity contribution in [1.82, 2.24) is 14.9 Å². The van der Waals surface area contributed by atoms with Gasteiger partial charge in [0.15, 0.2) is 11.5 Å². The molecule has 0 radical (unpaired) electrons. The van der Waals surface area contributed by atoms with E-state index in [1.807, 2.05) is 45.0 Å².